The maximum atomic E-state index is 14.2. The van der Waals surface area contributed by atoms with Crippen LogP contribution in [0.25, 0.3) is 21.7 Å². The summed E-state index contributed by atoms with van der Waals surface area (Å²) >= 11 is 3.27. The number of benzene rings is 1. The fraction of sp³-hybridized carbons (Fsp3) is 0.484. The molecule has 212 valence electrons. The molecule has 2 bridgehead atoms. The molecule has 2 saturated heterocycles. The molecule has 3 aliphatic heterocycles. The van der Waals surface area contributed by atoms with Crippen molar-refractivity contribution in [3.63, 3.8) is 0 Å². The number of rotatable bonds is 7. The molecule has 2 amide bonds. The van der Waals surface area contributed by atoms with Crippen molar-refractivity contribution in [2.75, 3.05) is 45.3 Å². The van der Waals surface area contributed by atoms with Crippen LogP contribution in [-0.4, -0.2) is 77.6 Å². The number of amides is 2. The predicted octanol–water partition coefficient (Wildman–Crippen LogP) is 5.52. The zero-order chi connectivity index (χ0) is 28.0. The zero-order valence-electron chi connectivity index (χ0n) is 23.6. The monoisotopic (exact) mass is 579 g/mol. The number of carbonyl (C=O) groups excluding carboxylic acids is 2. The van der Waals surface area contributed by atoms with Crippen LogP contribution >= 0.6 is 23.1 Å². The van der Waals surface area contributed by atoms with Crippen LogP contribution in [-0.2, 0) is 17.8 Å². The van der Waals surface area contributed by atoms with Gasteiger partial charge in [-0.2, -0.15) is 11.8 Å². The van der Waals surface area contributed by atoms with E-state index in [1.54, 1.807) is 30.2 Å². The number of hydrogen-bond donors (Lipinski definition) is 0. The van der Waals surface area contributed by atoms with Crippen molar-refractivity contribution >= 4 is 34.9 Å². The minimum absolute atomic E-state index is 0.0155. The minimum Gasteiger partial charge on any atom is -0.493 e. The molecule has 0 saturated carbocycles. The lowest BCUT2D eigenvalue weighted by Gasteiger charge is -2.45. The van der Waals surface area contributed by atoms with E-state index in [1.807, 2.05) is 29.9 Å². The van der Waals surface area contributed by atoms with Gasteiger partial charge >= 0.3 is 0 Å². The van der Waals surface area contributed by atoms with Crippen molar-refractivity contribution in [1.29, 1.82) is 0 Å². The van der Waals surface area contributed by atoms with E-state index >= 15 is 0 Å². The SMILES string of the molecule is COc1cc2c(cc1OC(C)C)-c1c(-c3cccs3)cc(C(=O)N3CC4CC(CN(C(=O)CSC)C4)C3)n1CC2. The smallest absolute Gasteiger partial charge is 0.270 e. The van der Waals surface area contributed by atoms with E-state index in [9.17, 15) is 9.59 Å². The molecule has 2 fully saturated rings. The molecule has 0 radical (unpaired) electrons. The Morgan fingerprint density at radius 3 is 2.45 bits per heavy atom. The Hall–Kier alpha value is -2.91. The predicted molar refractivity (Wildman–Crippen MR) is 162 cm³/mol. The average Bonchev–Trinajstić information content (AvgIpc) is 3.60. The third-order valence-electron chi connectivity index (χ3n) is 8.20. The highest BCUT2D eigenvalue weighted by atomic mass is 32.2. The van der Waals surface area contributed by atoms with Gasteiger partial charge in [0.05, 0.1) is 24.7 Å². The van der Waals surface area contributed by atoms with E-state index < -0.39 is 0 Å². The molecule has 7 nitrogen and oxygen atoms in total. The normalized spacial score (nSPS) is 19.8. The van der Waals surface area contributed by atoms with Crippen LogP contribution in [0.2, 0.25) is 0 Å². The number of nitrogens with zero attached hydrogens (tertiary/aromatic N) is 3. The van der Waals surface area contributed by atoms with Crippen LogP contribution < -0.4 is 9.47 Å². The molecule has 2 unspecified atom stereocenters. The van der Waals surface area contributed by atoms with Gasteiger partial charge in [0.25, 0.3) is 5.91 Å². The number of fused-ring (bicyclic) bond motifs is 5. The number of carbonyl (C=O) groups is 2. The molecule has 0 aliphatic carbocycles. The Morgan fingerprint density at radius 1 is 1.05 bits per heavy atom. The first-order valence-corrected chi connectivity index (χ1v) is 16.3. The molecular formula is C31H37N3O4S2. The molecule has 6 rings (SSSR count). The number of aryl methyl sites for hydroxylation is 1. The lowest BCUT2D eigenvalue weighted by atomic mass is 9.84. The van der Waals surface area contributed by atoms with Gasteiger partial charge in [0.2, 0.25) is 5.91 Å². The molecule has 0 N–H and O–H groups in total. The van der Waals surface area contributed by atoms with Gasteiger partial charge in [-0.15, -0.1) is 11.3 Å². The van der Waals surface area contributed by atoms with Crippen molar-refractivity contribution < 1.29 is 19.1 Å². The van der Waals surface area contributed by atoms with Crippen LogP contribution in [0, 0.1) is 11.8 Å². The Bertz CT molecular complexity index is 1400. The molecule has 2 aromatic heterocycles. The van der Waals surface area contributed by atoms with Gasteiger partial charge in [0.1, 0.15) is 5.69 Å². The number of thioether (sulfide) groups is 1. The lowest BCUT2D eigenvalue weighted by molar-refractivity contribution is -0.132. The van der Waals surface area contributed by atoms with Crippen molar-refractivity contribution in [2.45, 2.75) is 39.3 Å². The lowest BCUT2D eigenvalue weighted by Crippen LogP contribution is -2.55. The first-order valence-electron chi connectivity index (χ1n) is 14.1. The van der Waals surface area contributed by atoms with Crippen LogP contribution in [0.4, 0.5) is 0 Å². The van der Waals surface area contributed by atoms with E-state index in [0.717, 1.165) is 71.4 Å². The summed E-state index contributed by atoms with van der Waals surface area (Å²) in [4.78, 5) is 32.0. The van der Waals surface area contributed by atoms with Gasteiger partial charge in [0.15, 0.2) is 11.5 Å². The highest BCUT2D eigenvalue weighted by Gasteiger charge is 2.39. The van der Waals surface area contributed by atoms with E-state index in [1.165, 1.54) is 5.56 Å². The Morgan fingerprint density at radius 2 is 1.80 bits per heavy atom. The molecule has 9 heteroatoms. The first-order chi connectivity index (χ1) is 19.4. The van der Waals surface area contributed by atoms with Gasteiger partial charge in [-0.1, -0.05) is 6.07 Å². The quantitative estimate of drug-likeness (QED) is 0.369. The fourth-order valence-electron chi connectivity index (χ4n) is 6.66. The standard InChI is InChI=1S/C31H37N3O4S2/c1-19(2)38-27-13-23-22(11-26(27)37-3)7-8-34-25(12-24(30(23)34)28-6-5-9-40-28)31(36)33-16-20-10-21(17-33)15-32(14-20)29(35)18-39-4/h5-6,9,11-13,19-21H,7-8,10,14-18H2,1-4H3. The van der Waals surface area contributed by atoms with Gasteiger partial charge in [-0.3, -0.25) is 9.59 Å². The van der Waals surface area contributed by atoms with Crippen molar-refractivity contribution in [3.8, 4) is 33.2 Å². The summed E-state index contributed by atoms with van der Waals surface area (Å²) in [6.07, 6.45) is 3.89. The number of aromatic nitrogens is 1. The average molecular weight is 580 g/mol. The number of piperidine rings is 2. The molecular weight excluding hydrogens is 542 g/mol. The van der Waals surface area contributed by atoms with Gasteiger partial charge < -0.3 is 23.8 Å². The molecule has 5 heterocycles. The van der Waals surface area contributed by atoms with Crippen LogP contribution in [0.15, 0.2) is 35.7 Å². The third-order valence-corrected chi connectivity index (χ3v) is 9.64. The first kappa shape index (κ1) is 27.3. The van der Waals surface area contributed by atoms with E-state index in [0.29, 0.717) is 30.7 Å². The Kier molecular flexibility index (Phi) is 7.61. The molecule has 40 heavy (non-hydrogen) atoms. The summed E-state index contributed by atoms with van der Waals surface area (Å²) in [6.45, 7) is 7.67. The summed E-state index contributed by atoms with van der Waals surface area (Å²) in [5.41, 5.74) is 5.23. The summed E-state index contributed by atoms with van der Waals surface area (Å²) in [5.74, 6) is 2.97. The number of likely N-dealkylation sites (tertiary alicyclic amines) is 2. The zero-order valence-corrected chi connectivity index (χ0v) is 25.3. The molecule has 3 aromatic rings. The second kappa shape index (κ2) is 11.2. The molecule has 0 spiro atoms. The van der Waals surface area contributed by atoms with Crippen molar-refractivity contribution in [1.82, 2.24) is 14.4 Å². The van der Waals surface area contributed by atoms with Gasteiger partial charge in [0, 0.05) is 48.7 Å². The minimum atomic E-state index is 0.0155. The van der Waals surface area contributed by atoms with Crippen LogP contribution in [0.3, 0.4) is 0 Å². The largest absolute Gasteiger partial charge is 0.493 e. The van der Waals surface area contributed by atoms with Gasteiger partial charge in [-0.25, -0.2) is 0 Å². The van der Waals surface area contributed by atoms with Crippen molar-refractivity contribution in [2.24, 2.45) is 11.8 Å². The number of ether oxygens (including phenoxy) is 2. The third kappa shape index (κ3) is 5.02. The number of thiophene rings is 1. The maximum Gasteiger partial charge on any atom is 0.270 e. The Balaban J connectivity index is 1.36. The van der Waals surface area contributed by atoms with Gasteiger partial charge in [-0.05, 0) is 80.0 Å². The summed E-state index contributed by atoms with van der Waals surface area (Å²) < 4.78 is 14.1. The van der Waals surface area contributed by atoms with E-state index in [-0.39, 0.29) is 17.9 Å². The number of hydrogen-bond acceptors (Lipinski definition) is 6. The maximum absolute atomic E-state index is 14.2. The molecule has 3 aliphatic rings. The highest BCUT2D eigenvalue weighted by Crippen LogP contribution is 2.45. The summed E-state index contributed by atoms with van der Waals surface area (Å²) in [6, 6.07) is 10.5. The van der Waals surface area contributed by atoms with Crippen LogP contribution in [0.1, 0.15) is 36.3 Å². The molecule has 1 aromatic carbocycles. The second-order valence-corrected chi connectivity index (χ2v) is 13.2. The van der Waals surface area contributed by atoms with E-state index in [4.69, 9.17) is 9.47 Å². The van der Waals surface area contributed by atoms with Crippen LogP contribution in [0.5, 0.6) is 11.5 Å². The summed E-state index contributed by atoms with van der Waals surface area (Å²) in [7, 11) is 1.68. The van der Waals surface area contributed by atoms with E-state index in [2.05, 4.69) is 40.3 Å². The van der Waals surface area contributed by atoms with Crippen molar-refractivity contribution in [3.05, 3.63) is 47.0 Å². The molecule has 2 atom stereocenters. The highest BCUT2D eigenvalue weighted by molar-refractivity contribution is 7.99. The fourth-order valence-corrected chi connectivity index (χ4v) is 7.84. The Labute approximate surface area is 244 Å². The number of methoxy groups -OCH3 is 1. The topological polar surface area (TPSA) is 64.0 Å². The second-order valence-electron chi connectivity index (χ2n) is 11.4. The summed E-state index contributed by atoms with van der Waals surface area (Å²) in [5, 5.41) is 2.09.